The SMILES string of the molecule is CCOc1ccc(CN2CCNC(=O)C2CC(=O)NC(C)C)cc1. The Labute approximate surface area is 143 Å². The van der Waals surface area contributed by atoms with Gasteiger partial charge in [-0.2, -0.15) is 0 Å². The molecule has 1 saturated heterocycles. The average molecular weight is 333 g/mol. The van der Waals surface area contributed by atoms with Crippen LogP contribution in [0.25, 0.3) is 0 Å². The monoisotopic (exact) mass is 333 g/mol. The number of amides is 2. The van der Waals surface area contributed by atoms with Crippen LogP contribution in [-0.4, -0.2) is 48.5 Å². The van der Waals surface area contributed by atoms with E-state index < -0.39 is 6.04 Å². The minimum Gasteiger partial charge on any atom is -0.494 e. The molecular weight excluding hydrogens is 306 g/mol. The van der Waals surface area contributed by atoms with Crippen molar-refractivity contribution < 1.29 is 14.3 Å². The van der Waals surface area contributed by atoms with Crippen molar-refractivity contribution in [3.63, 3.8) is 0 Å². The van der Waals surface area contributed by atoms with Crippen LogP contribution in [0.4, 0.5) is 0 Å². The average Bonchev–Trinajstić information content (AvgIpc) is 2.52. The molecule has 0 aromatic heterocycles. The Kier molecular flexibility index (Phi) is 6.61. The van der Waals surface area contributed by atoms with Gasteiger partial charge in [-0.1, -0.05) is 12.1 Å². The summed E-state index contributed by atoms with van der Waals surface area (Å²) in [4.78, 5) is 26.3. The third kappa shape index (κ3) is 5.23. The molecular formula is C18H27N3O3. The maximum absolute atomic E-state index is 12.2. The Hall–Kier alpha value is -2.08. The number of piperazine rings is 1. The number of carbonyl (C=O) groups excluding carboxylic acids is 2. The summed E-state index contributed by atoms with van der Waals surface area (Å²) in [6.45, 7) is 8.40. The first-order valence-electron chi connectivity index (χ1n) is 8.52. The summed E-state index contributed by atoms with van der Waals surface area (Å²) in [6.07, 6.45) is 0.182. The molecule has 2 amide bonds. The zero-order valence-corrected chi connectivity index (χ0v) is 14.7. The normalized spacial score (nSPS) is 18.3. The highest BCUT2D eigenvalue weighted by molar-refractivity contribution is 5.88. The van der Waals surface area contributed by atoms with E-state index in [0.29, 0.717) is 19.7 Å². The zero-order valence-electron chi connectivity index (χ0n) is 14.7. The number of rotatable bonds is 7. The molecule has 1 fully saturated rings. The summed E-state index contributed by atoms with van der Waals surface area (Å²) in [5.41, 5.74) is 1.10. The first kappa shape index (κ1) is 18.3. The van der Waals surface area contributed by atoms with E-state index >= 15 is 0 Å². The number of carbonyl (C=O) groups is 2. The topological polar surface area (TPSA) is 70.7 Å². The summed E-state index contributed by atoms with van der Waals surface area (Å²) in [6, 6.07) is 7.52. The lowest BCUT2D eigenvalue weighted by Gasteiger charge is -2.34. The highest BCUT2D eigenvalue weighted by atomic mass is 16.5. The minimum atomic E-state index is -0.427. The fourth-order valence-electron chi connectivity index (χ4n) is 2.82. The second kappa shape index (κ2) is 8.68. The van der Waals surface area contributed by atoms with Crippen LogP contribution in [0.3, 0.4) is 0 Å². The van der Waals surface area contributed by atoms with Crippen molar-refractivity contribution >= 4 is 11.8 Å². The fraction of sp³-hybridized carbons (Fsp3) is 0.556. The van der Waals surface area contributed by atoms with Crippen LogP contribution in [0.5, 0.6) is 5.75 Å². The van der Waals surface area contributed by atoms with Crippen molar-refractivity contribution in [2.45, 2.75) is 45.8 Å². The molecule has 1 aromatic rings. The van der Waals surface area contributed by atoms with E-state index in [1.165, 1.54) is 0 Å². The molecule has 0 radical (unpaired) electrons. The maximum Gasteiger partial charge on any atom is 0.237 e. The molecule has 0 spiro atoms. The highest BCUT2D eigenvalue weighted by Crippen LogP contribution is 2.17. The molecule has 6 heteroatoms. The van der Waals surface area contributed by atoms with Gasteiger partial charge >= 0.3 is 0 Å². The molecule has 1 aliphatic rings. The molecule has 1 aliphatic heterocycles. The molecule has 132 valence electrons. The van der Waals surface area contributed by atoms with Gasteiger partial charge in [0.05, 0.1) is 19.1 Å². The molecule has 0 bridgehead atoms. The predicted octanol–water partition coefficient (Wildman–Crippen LogP) is 1.30. The van der Waals surface area contributed by atoms with Crippen LogP contribution in [0, 0.1) is 0 Å². The number of benzene rings is 1. The standard InChI is InChI=1S/C18H27N3O3/c1-4-24-15-7-5-14(6-8-15)12-21-10-9-19-18(23)16(21)11-17(22)20-13(2)3/h5-8,13,16H,4,9-12H2,1-3H3,(H,19,23)(H,20,22). The van der Waals surface area contributed by atoms with Crippen molar-refractivity contribution in [2.24, 2.45) is 0 Å². The van der Waals surface area contributed by atoms with Gasteiger partial charge in [0.1, 0.15) is 5.75 Å². The molecule has 1 atom stereocenters. The van der Waals surface area contributed by atoms with E-state index in [2.05, 4.69) is 15.5 Å². The highest BCUT2D eigenvalue weighted by Gasteiger charge is 2.31. The Morgan fingerprint density at radius 1 is 1.38 bits per heavy atom. The number of hydrogen-bond acceptors (Lipinski definition) is 4. The molecule has 2 rings (SSSR count). The van der Waals surface area contributed by atoms with Crippen molar-refractivity contribution in [1.82, 2.24) is 15.5 Å². The van der Waals surface area contributed by atoms with Gasteiger partial charge in [-0.25, -0.2) is 0 Å². The second-order valence-corrected chi connectivity index (χ2v) is 6.28. The second-order valence-electron chi connectivity index (χ2n) is 6.28. The molecule has 24 heavy (non-hydrogen) atoms. The van der Waals surface area contributed by atoms with Crippen LogP contribution in [0.15, 0.2) is 24.3 Å². The summed E-state index contributed by atoms with van der Waals surface area (Å²) in [5, 5.41) is 5.71. The van der Waals surface area contributed by atoms with Crippen molar-refractivity contribution in [3.05, 3.63) is 29.8 Å². The van der Waals surface area contributed by atoms with E-state index in [9.17, 15) is 9.59 Å². The third-order valence-electron chi connectivity index (χ3n) is 3.89. The van der Waals surface area contributed by atoms with Crippen LogP contribution in [0.1, 0.15) is 32.8 Å². The third-order valence-corrected chi connectivity index (χ3v) is 3.89. The molecule has 0 saturated carbocycles. The summed E-state index contributed by atoms with van der Waals surface area (Å²) >= 11 is 0. The van der Waals surface area contributed by atoms with Gasteiger partial charge in [-0.05, 0) is 38.5 Å². The van der Waals surface area contributed by atoms with Crippen LogP contribution >= 0.6 is 0 Å². The van der Waals surface area contributed by atoms with Crippen LogP contribution in [0.2, 0.25) is 0 Å². The molecule has 1 heterocycles. The smallest absolute Gasteiger partial charge is 0.237 e. The lowest BCUT2D eigenvalue weighted by molar-refractivity contribution is -0.134. The van der Waals surface area contributed by atoms with E-state index in [4.69, 9.17) is 4.74 Å². The quantitative estimate of drug-likeness (QED) is 0.789. The van der Waals surface area contributed by atoms with Gasteiger partial charge in [0.15, 0.2) is 0 Å². The van der Waals surface area contributed by atoms with Crippen LogP contribution in [-0.2, 0) is 16.1 Å². The van der Waals surface area contributed by atoms with E-state index in [1.807, 2.05) is 45.0 Å². The van der Waals surface area contributed by atoms with E-state index in [-0.39, 0.29) is 24.3 Å². The van der Waals surface area contributed by atoms with Crippen molar-refractivity contribution in [2.75, 3.05) is 19.7 Å². The number of ether oxygens (including phenoxy) is 1. The summed E-state index contributed by atoms with van der Waals surface area (Å²) in [5.74, 6) is 0.667. The first-order valence-corrected chi connectivity index (χ1v) is 8.52. The summed E-state index contributed by atoms with van der Waals surface area (Å²) in [7, 11) is 0. The largest absolute Gasteiger partial charge is 0.494 e. The first-order chi connectivity index (χ1) is 11.5. The van der Waals surface area contributed by atoms with Gasteiger partial charge in [0.2, 0.25) is 11.8 Å². The molecule has 1 aromatic carbocycles. The lowest BCUT2D eigenvalue weighted by Crippen LogP contribution is -2.56. The van der Waals surface area contributed by atoms with Gasteiger partial charge in [0.25, 0.3) is 0 Å². The number of hydrogen-bond donors (Lipinski definition) is 2. The number of nitrogens with one attached hydrogen (secondary N) is 2. The van der Waals surface area contributed by atoms with Crippen molar-refractivity contribution in [1.29, 1.82) is 0 Å². The Morgan fingerprint density at radius 2 is 2.08 bits per heavy atom. The zero-order chi connectivity index (χ0) is 17.5. The van der Waals surface area contributed by atoms with E-state index in [0.717, 1.165) is 17.9 Å². The predicted molar refractivity (Wildman–Crippen MR) is 92.7 cm³/mol. The Balaban J connectivity index is 2.02. The van der Waals surface area contributed by atoms with Gasteiger partial charge in [0, 0.05) is 25.7 Å². The van der Waals surface area contributed by atoms with Gasteiger partial charge in [-0.15, -0.1) is 0 Å². The Bertz CT molecular complexity index is 557. The van der Waals surface area contributed by atoms with Gasteiger partial charge in [-0.3, -0.25) is 14.5 Å². The van der Waals surface area contributed by atoms with E-state index in [1.54, 1.807) is 0 Å². The molecule has 6 nitrogen and oxygen atoms in total. The van der Waals surface area contributed by atoms with Crippen LogP contribution < -0.4 is 15.4 Å². The lowest BCUT2D eigenvalue weighted by atomic mass is 10.1. The molecule has 2 N–H and O–H groups in total. The minimum absolute atomic E-state index is 0.0729. The van der Waals surface area contributed by atoms with Crippen molar-refractivity contribution in [3.8, 4) is 5.75 Å². The number of nitrogens with zero attached hydrogens (tertiary/aromatic N) is 1. The maximum atomic E-state index is 12.2. The molecule has 1 unspecified atom stereocenters. The Morgan fingerprint density at radius 3 is 2.71 bits per heavy atom. The summed E-state index contributed by atoms with van der Waals surface area (Å²) < 4.78 is 5.45. The molecule has 0 aliphatic carbocycles. The fourth-order valence-corrected chi connectivity index (χ4v) is 2.82. The van der Waals surface area contributed by atoms with Gasteiger partial charge < -0.3 is 15.4 Å².